The summed E-state index contributed by atoms with van der Waals surface area (Å²) in [6.45, 7) is 8.15. The zero-order valence-electron chi connectivity index (χ0n) is 17.2. The maximum atomic E-state index is 12.7. The molecule has 1 unspecified atom stereocenters. The molecular weight excluding hydrogens is 340 g/mol. The van der Waals surface area contributed by atoms with E-state index in [2.05, 4.69) is 24.1 Å². The summed E-state index contributed by atoms with van der Waals surface area (Å²) < 4.78 is 0. The molecule has 6 heteroatoms. The van der Waals surface area contributed by atoms with E-state index in [1.807, 2.05) is 4.90 Å². The third kappa shape index (κ3) is 5.44. The van der Waals surface area contributed by atoms with Crippen molar-refractivity contribution in [2.24, 2.45) is 17.1 Å². The summed E-state index contributed by atoms with van der Waals surface area (Å²) in [5.74, 6) is 0.711. The van der Waals surface area contributed by atoms with E-state index in [9.17, 15) is 9.59 Å². The molecule has 2 amide bonds. The lowest BCUT2D eigenvalue weighted by atomic mass is 9.80. The molecule has 0 radical (unpaired) electrons. The topological polar surface area (TPSA) is 78.7 Å². The Balaban J connectivity index is 1.38. The van der Waals surface area contributed by atoms with Gasteiger partial charge in [-0.3, -0.25) is 14.5 Å². The summed E-state index contributed by atoms with van der Waals surface area (Å²) in [6, 6.07) is 0.413. The molecule has 154 valence electrons. The highest BCUT2D eigenvalue weighted by molar-refractivity contribution is 5.79. The Labute approximate surface area is 164 Å². The summed E-state index contributed by atoms with van der Waals surface area (Å²) in [5.41, 5.74) is 6.25. The molecule has 0 aromatic rings. The molecule has 3 fully saturated rings. The molecule has 27 heavy (non-hydrogen) atoms. The molecule has 3 aliphatic rings. The van der Waals surface area contributed by atoms with Crippen molar-refractivity contribution in [3.63, 3.8) is 0 Å². The maximum Gasteiger partial charge on any atom is 0.234 e. The minimum Gasteiger partial charge on any atom is -0.352 e. The predicted octanol–water partition coefficient (Wildman–Crippen LogP) is 1.73. The first-order valence-corrected chi connectivity index (χ1v) is 10.9. The fourth-order valence-corrected chi connectivity index (χ4v) is 4.95. The van der Waals surface area contributed by atoms with Gasteiger partial charge in [-0.2, -0.15) is 0 Å². The molecular formula is C21H38N4O2. The Morgan fingerprint density at radius 1 is 1.00 bits per heavy atom. The summed E-state index contributed by atoms with van der Waals surface area (Å²) in [4.78, 5) is 29.4. The molecule has 1 atom stereocenters. The molecule has 0 spiro atoms. The molecule has 0 aromatic heterocycles. The first-order chi connectivity index (χ1) is 12.8. The number of carbonyl (C=O) groups is 2. The lowest BCUT2D eigenvalue weighted by Gasteiger charge is -2.42. The van der Waals surface area contributed by atoms with Crippen molar-refractivity contribution in [1.82, 2.24) is 15.1 Å². The monoisotopic (exact) mass is 378 g/mol. The number of nitrogens with one attached hydrogen (secondary N) is 1. The number of rotatable bonds is 4. The molecule has 0 bridgehead atoms. The van der Waals surface area contributed by atoms with Gasteiger partial charge in [0.15, 0.2) is 0 Å². The average molecular weight is 379 g/mol. The molecule has 2 aliphatic heterocycles. The van der Waals surface area contributed by atoms with Crippen molar-refractivity contribution in [3.05, 3.63) is 0 Å². The Kier molecular flexibility index (Phi) is 6.79. The molecule has 6 nitrogen and oxygen atoms in total. The van der Waals surface area contributed by atoms with Crippen molar-refractivity contribution >= 4 is 11.8 Å². The molecule has 3 rings (SSSR count). The van der Waals surface area contributed by atoms with Crippen molar-refractivity contribution in [3.8, 4) is 0 Å². The van der Waals surface area contributed by atoms with Gasteiger partial charge < -0.3 is 16.0 Å². The number of hydrogen-bond acceptors (Lipinski definition) is 4. The van der Waals surface area contributed by atoms with Gasteiger partial charge in [0.2, 0.25) is 11.8 Å². The van der Waals surface area contributed by atoms with E-state index in [-0.39, 0.29) is 29.3 Å². The summed E-state index contributed by atoms with van der Waals surface area (Å²) in [5, 5.41) is 3.19. The van der Waals surface area contributed by atoms with Crippen LogP contribution in [0.1, 0.15) is 65.2 Å². The first-order valence-electron chi connectivity index (χ1n) is 10.9. The Morgan fingerprint density at radius 2 is 1.67 bits per heavy atom. The lowest BCUT2D eigenvalue weighted by Crippen LogP contribution is -2.55. The highest BCUT2D eigenvalue weighted by Crippen LogP contribution is 2.28. The number of nitrogens with zero attached hydrogens (tertiary/aromatic N) is 2. The van der Waals surface area contributed by atoms with Crippen LogP contribution in [-0.4, -0.2) is 66.4 Å². The maximum absolute atomic E-state index is 12.7. The normalized spacial score (nSPS) is 28.1. The van der Waals surface area contributed by atoms with Gasteiger partial charge in [-0.05, 0) is 37.5 Å². The van der Waals surface area contributed by atoms with E-state index in [1.54, 1.807) is 0 Å². The van der Waals surface area contributed by atoms with E-state index < -0.39 is 0 Å². The number of piperidine rings is 2. The fraction of sp³-hybridized carbons (Fsp3) is 0.905. The number of hydrogen-bond donors (Lipinski definition) is 2. The van der Waals surface area contributed by atoms with Gasteiger partial charge in [0.05, 0.1) is 6.54 Å². The summed E-state index contributed by atoms with van der Waals surface area (Å²) in [7, 11) is 0. The number of amides is 2. The predicted molar refractivity (Wildman–Crippen MR) is 107 cm³/mol. The lowest BCUT2D eigenvalue weighted by molar-refractivity contribution is -0.137. The van der Waals surface area contributed by atoms with Crippen LogP contribution in [0.4, 0.5) is 0 Å². The smallest absolute Gasteiger partial charge is 0.234 e. The van der Waals surface area contributed by atoms with Crippen LogP contribution in [0, 0.1) is 11.3 Å². The molecule has 3 N–H and O–H groups in total. The van der Waals surface area contributed by atoms with E-state index >= 15 is 0 Å². The Bertz CT molecular complexity index is 522. The van der Waals surface area contributed by atoms with Crippen LogP contribution in [0.2, 0.25) is 0 Å². The third-order valence-electron chi connectivity index (χ3n) is 6.88. The fourth-order valence-electron chi connectivity index (χ4n) is 4.95. The van der Waals surface area contributed by atoms with Gasteiger partial charge in [0.25, 0.3) is 0 Å². The van der Waals surface area contributed by atoms with Crippen molar-refractivity contribution < 1.29 is 9.59 Å². The van der Waals surface area contributed by atoms with Gasteiger partial charge in [0, 0.05) is 44.2 Å². The Hall–Kier alpha value is -1.14. The largest absolute Gasteiger partial charge is 0.352 e. The van der Waals surface area contributed by atoms with Crippen LogP contribution in [0.5, 0.6) is 0 Å². The van der Waals surface area contributed by atoms with Gasteiger partial charge >= 0.3 is 0 Å². The molecule has 2 saturated heterocycles. The van der Waals surface area contributed by atoms with Crippen molar-refractivity contribution in [1.29, 1.82) is 0 Å². The van der Waals surface area contributed by atoms with Crippen molar-refractivity contribution in [2.45, 2.75) is 77.3 Å². The van der Waals surface area contributed by atoms with Crippen LogP contribution < -0.4 is 11.1 Å². The van der Waals surface area contributed by atoms with Crippen LogP contribution >= 0.6 is 0 Å². The van der Waals surface area contributed by atoms with Crippen LogP contribution in [0.15, 0.2) is 0 Å². The summed E-state index contributed by atoms with van der Waals surface area (Å²) in [6.07, 6.45) is 8.49. The standard InChI is InChI=1S/C21H38N4O2/c1-21(2)15-24(11-10-18(21)22)14-19(26)23-17-8-12-25(13-9-17)20(27)16-6-4-3-5-7-16/h16-18H,3-15,22H2,1-2H3,(H,23,26). The molecule has 0 aromatic carbocycles. The molecule has 2 heterocycles. The molecule has 1 saturated carbocycles. The highest BCUT2D eigenvalue weighted by atomic mass is 16.2. The summed E-state index contributed by atoms with van der Waals surface area (Å²) >= 11 is 0. The molecule has 1 aliphatic carbocycles. The quantitative estimate of drug-likeness (QED) is 0.781. The van der Waals surface area contributed by atoms with Crippen LogP contribution in [0.3, 0.4) is 0 Å². The average Bonchev–Trinajstić information content (AvgIpc) is 2.65. The van der Waals surface area contributed by atoms with E-state index in [0.717, 1.165) is 58.3 Å². The van der Waals surface area contributed by atoms with E-state index in [4.69, 9.17) is 5.73 Å². The van der Waals surface area contributed by atoms with Gasteiger partial charge in [-0.25, -0.2) is 0 Å². The van der Waals surface area contributed by atoms with Gasteiger partial charge in [0.1, 0.15) is 0 Å². The van der Waals surface area contributed by atoms with E-state index in [0.29, 0.717) is 12.5 Å². The first kappa shape index (κ1) is 20.6. The second kappa shape index (κ2) is 8.91. The van der Waals surface area contributed by atoms with Crippen molar-refractivity contribution in [2.75, 3.05) is 32.7 Å². The second-order valence-corrected chi connectivity index (χ2v) is 9.60. The number of likely N-dealkylation sites (tertiary alicyclic amines) is 2. The van der Waals surface area contributed by atoms with Gasteiger partial charge in [-0.15, -0.1) is 0 Å². The zero-order valence-corrected chi connectivity index (χ0v) is 17.2. The minimum atomic E-state index is 0.0589. The zero-order chi connectivity index (χ0) is 19.4. The second-order valence-electron chi connectivity index (χ2n) is 9.60. The number of nitrogens with two attached hydrogens (primary N) is 1. The third-order valence-corrected chi connectivity index (χ3v) is 6.88. The highest BCUT2D eigenvalue weighted by Gasteiger charge is 2.34. The van der Waals surface area contributed by atoms with Crippen LogP contribution in [-0.2, 0) is 9.59 Å². The van der Waals surface area contributed by atoms with Gasteiger partial charge in [-0.1, -0.05) is 33.1 Å². The SMILES string of the molecule is CC1(C)CN(CC(=O)NC2CCN(C(=O)C3CCCCC3)CC2)CCC1N. The minimum absolute atomic E-state index is 0.0589. The number of carbonyl (C=O) groups excluding carboxylic acids is 2. The Morgan fingerprint density at radius 3 is 2.30 bits per heavy atom. The van der Waals surface area contributed by atoms with Crippen LogP contribution in [0.25, 0.3) is 0 Å². The van der Waals surface area contributed by atoms with E-state index in [1.165, 1.54) is 19.3 Å².